The van der Waals surface area contributed by atoms with E-state index in [0.717, 1.165) is 27.7 Å². The van der Waals surface area contributed by atoms with Gasteiger partial charge in [0.15, 0.2) is 0 Å². The van der Waals surface area contributed by atoms with Crippen LogP contribution in [0.3, 0.4) is 0 Å². The summed E-state index contributed by atoms with van der Waals surface area (Å²) in [5, 5.41) is 29.7. The van der Waals surface area contributed by atoms with E-state index in [0.29, 0.717) is 0 Å². The van der Waals surface area contributed by atoms with Crippen LogP contribution in [0.15, 0.2) is 13.2 Å². The van der Waals surface area contributed by atoms with Crippen molar-refractivity contribution >= 4 is 178 Å². The Morgan fingerprint density at radius 3 is 0.522 bits per heavy atom. The first-order valence-corrected chi connectivity index (χ1v) is 4.21. The fraction of sp³-hybridized carbons (Fsp3) is 0.400. The molecule has 0 spiro atoms. The van der Waals surface area contributed by atoms with Gasteiger partial charge in [0.1, 0.15) is 0 Å². The van der Waals surface area contributed by atoms with Crippen molar-refractivity contribution in [3.05, 3.63) is 13.2 Å². The summed E-state index contributed by atoms with van der Waals surface area (Å²) in [5.74, 6) is -3.33. The third-order valence-corrected chi connectivity index (χ3v) is 0. The molecule has 0 aliphatic rings. The average molecular weight is 423 g/mol. The molecule has 0 fully saturated rings. The van der Waals surface area contributed by atoms with Crippen LogP contribution >= 0.6 is 0 Å². The average Bonchev–Trinajstić information content (AvgIpc) is 2.01. The predicted molar refractivity (Wildman–Crippen MR) is 96.0 cm³/mol. The molecule has 0 bridgehead atoms. The molecular formula is C10H29K3N2O8. The van der Waals surface area contributed by atoms with Crippen LogP contribution in [0, 0.1) is 0 Å². The van der Waals surface area contributed by atoms with Gasteiger partial charge in [0.05, 0.1) is 0 Å². The van der Waals surface area contributed by atoms with Gasteiger partial charge in [-0.05, 0) is 0 Å². The van der Waals surface area contributed by atoms with E-state index < -0.39 is 23.9 Å². The molecule has 23 heavy (non-hydrogen) atoms. The molecule has 0 aromatic heterocycles. The van der Waals surface area contributed by atoms with Crippen molar-refractivity contribution in [1.82, 2.24) is 12.3 Å². The molecule has 130 valence electrons. The van der Waals surface area contributed by atoms with E-state index in [9.17, 15) is 0 Å². The molecule has 0 aromatic rings. The molecule has 0 atom stereocenters. The van der Waals surface area contributed by atoms with Crippen molar-refractivity contribution in [2.75, 3.05) is 0 Å². The summed E-state index contributed by atoms with van der Waals surface area (Å²) in [5.41, 5.74) is 0. The Bertz CT molecular complexity index is 192. The van der Waals surface area contributed by atoms with E-state index in [1.54, 1.807) is 0 Å². The van der Waals surface area contributed by atoms with E-state index in [1.165, 1.54) is 0 Å². The summed E-state index contributed by atoms with van der Waals surface area (Å²) in [6.45, 7) is 10.3. The number of carboxylic acid groups (broad SMARTS) is 4. The minimum absolute atomic E-state index is 0. The summed E-state index contributed by atoms with van der Waals surface area (Å²) in [6, 6.07) is 0. The summed E-state index contributed by atoms with van der Waals surface area (Å²) in [7, 11) is 0. The molecule has 0 radical (unpaired) electrons. The van der Waals surface area contributed by atoms with Crippen LogP contribution < -0.4 is 12.3 Å². The zero-order chi connectivity index (χ0) is 16.3. The summed E-state index contributed by atoms with van der Waals surface area (Å²) in [4.78, 5) is 36.0. The van der Waals surface area contributed by atoms with Crippen molar-refractivity contribution in [3.8, 4) is 0 Å². The Balaban J connectivity index is -0.0000000110. The van der Waals surface area contributed by atoms with E-state index >= 15 is 0 Å². The second-order valence-corrected chi connectivity index (χ2v) is 2.08. The Morgan fingerprint density at radius 1 is 0.522 bits per heavy atom. The summed E-state index contributed by atoms with van der Waals surface area (Å²) >= 11 is 0. The van der Waals surface area contributed by atoms with Crippen LogP contribution in [0.1, 0.15) is 27.7 Å². The van der Waals surface area contributed by atoms with Gasteiger partial charge in [0, 0.05) is 27.7 Å². The van der Waals surface area contributed by atoms with Gasteiger partial charge in [-0.3, -0.25) is 19.2 Å². The van der Waals surface area contributed by atoms with Gasteiger partial charge in [-0.15, -0.1) is 13.2 Å². The quantitative estimate of drug-likeness (QED) is 0.218. The molecule has 13 heteroatoms. The molecule has 0 saturated carbocycles. The van der Waals surface area contributed by atoms with Gasteiger partial charge in [0.2, 0.25) is 0 Å². The van der Waals surface area contributed by atoms with Crippen molar-refractivity contribution < 1.29 is 39.6 Å². The first-order valence-electron chi connectivity index (χ1n) is 4.21. The van der Waals surface area contributed by atoms with E-state index in [-0.39, 0.29) is 166 Å². The van der Waals surface area contributed by atoms with Crippen molar-refractivity contribution in [2.24, 2.45) is 0 Å². The second kappa shape index (κ2) is 64.4. The van der Waals surface area contributed by atoms with Crippen LogP contribution in [0.25, 0.3) is 0 Å². The molecule has 0 heterocycles. The van der Waals surface area contributed by atoms with Gasteiger partial charge < -0.3 is 32.7 Å². The van der Waals surface area contributed by atoms with Crippen LogP contribution in [0.2, 0.25) is 0 Å². The number of hydrogen-bond acceptors (Lipinski definition) is 6. The molecule has 0 aromatic carbocycles. The van der Waals surface area contributed by atoms with Crippen LogP contribution in [-0.2, 0) is 19.2 Å². The van der Waals surface area contributed by atoms with Crippen molar-refractivity contribution in [2.45, 2.75) is 27.7 Å². The number of aliphatic carboxylic acids is 4. The summed E-state index contributed by atoms with van der Waals surface area (Å²) < 4.78 is 0. The molecule has 0 aliphatic carbocycles. The molecule has 0 unspecified atom stereocenters. The van der Waals surface area contributed by atoms with Gasteiger partial charge in [0.25, 0.3) is 23.9 Å². The molecule has 0 saturated heterocycles. The van der Waals surface area contributed by atoms with Crippen LogP contribution in [0.5, 0.6) is 0 Å². The van der Waals surface area contributed by atoms with Crippen molar-refractivity contribution in [3.63, 3.8) is 0 Å². The Labute approximate surface area is 264 Å². The van der Waals surface area contributed by atoms with Crippen LogP contribution in [-0.4, -0.2) is 198 Å². The number of carboxylic acids is 4. The molecule has 0 aliphatic heterocycles. The minimum atomic E-state index is -0.833. The molecule has 10 nitrogen and oxygen atoms in total. The van der Waals surface area contributed by atoms with Gasteiger partial charge in [-0.1, -0.05) is 0 Å². The fourth-order valence-corrected chi connectivity index (χ4v) is 0. The van der Waals surface area contributed by atoms with Gasteiger partial charge in [-0.2, -0.15) is 0 Å². The molecule has 10 N–H and O–H groups in total. The first-order chi connectivity index (χ1) is 7.93. The van der Waals surface area contributed by atoms with Crippen molar-refractivity contribution in [1.29, 1.82) is 0 Å². The molecule has 0 amide bonds. The van der Waals surface area contributed by atoms with E-state index in [1.807, 2.05) is 0 Å². The van der Waals surface area contributed by atoms with E-state index in [2.05, 4.69) is 13.2 Å². The SMILES string of the molecule is C=C.CC(=O)O.CC(=O)O.CC(=O)O.CC(=O)O.N.N.[KH].[KH].[KH]. The first kappa shape index (κ1) is 63.7. The second-order valence-electron chi connectivity index (χ2n) is 2.08. The van der Waals surface area contributed by atoms with E-state index in [4.69, 9.17) is 39.6 Å². The Hall–Kier alpha value is 2.45. The third-order valence-electron chi connectivity index (χ3n) is 0. The zero-order valence-electron chi connectivity index (χ0n) is 12.3. The number of hydrogen-bond donors (Lipinski definition) is 6. The number of rotatable bonds is 0. The third kappa shape index (κ3) is 2050. The standard InChI is InChI=1S/4C2H4O2.C2H4.3K.2H3N.3H/c4*1-2(3)4;1-2;;;;;;;;/h4*1H3,(H,3,4);1-2H2;;;;2*1H3;;;. The van der Waals surface area contributed by atoms with Gasteiger partial charge >= 0.3 is 154 Å². The predicted octanol–water partition coefficient (Wildman–Crippen LogP) is -0.456. The normalized spacial score (nSPS) is 4.52. The number of carbonyl (C=O) groups is 4. The van der Waals surface area contributed by atoms with Crippen LogP contribution in [0.4, 0.5) is 0 Å². The Morgan fingerprint density at radius 2 is 0.522 bits per heavy atom. The topological polar surface area (TPSA) is 219 Å². The fourth-order valence-electron chi connectivity index (χ4n) is 0. The van der Waals surface area contributed by atoms with Gasteiger partial charge in [-0.25, -0.2) is 0 Å². The maximum absolute atomic E-state index is 9.00. The zero-order valence-corrected chi connectivity index (χ0v) is 12.3. The molecular weight excluding hydrogens is 393 g/mol. The monoisotopic (exact) mass is 422 g/mol. The Kier molecular flexibility index (Phi) is 178. The molecule has 0 rings (SSSR count). The summed E-state index contributed by atoms with van der Waals surface area (Å²) in [6.07, 6.45) is 0. The maximum atomic E-state index is 9.00.